The van der Waals surface area contributed by atoms with Crippen LogP contribution in [0.4, 0.5) is 0 Å². The summed E-state index contributed by atoms with van der Waals surface area (Å²) in [6.45, 7) is 3.61. The summed E-state index contributed by atoms with van der Waals surface area (Å²) in [5, 5.41) is 21.4. The molecule has 3 aromatic carbocycles. The lowest BCUT2D eigenvalue weighted by Gasteiger charge is -2.47. The molecule has 0 unspecified atom stereocenters. The number of carbonyl (C=O) groups is 1. The summed E-state index contributed by atoms with van der Waals surface area (Å²) in [5.41, 5.74) is 3.65. The van der Waals surface area contributed by atoms with Crippen molar-refractivity contribution in [3.63, 3.8) is 0 Å². The summed E-state index contributed by atoms with van der Waals surface area (Å²) in [4.78, 5) is 12.4. The average Bonchev–Trinajstić information content (AvgIpc) is 2.72. The molecule has 0 fully saturated rings. The monoisotopic (exact) mass is 496 g/mol. The first-order valence-electron chi connectivity index (χ1n) is 10.2. The fourth-order valence-corrected chi connectivity index (χ4v) is 5.12. The molecule has 0 spiro atoms. The Bertz CT molecular complexity index is 1270. The second-order valence-electron chi connectivity index (χ2n) is 8.22. The Morgan fingerprint density at radius 1 is 1.03 bits per heavy atom. The largest absolute Gasteiger partial charge is 0.508 e. The predicted molar refractivity (Wildman–Crippen MR) is 121 cm³/mol. The molecule has 2 bridgehead atoms. The third-order valence-electron chi connectivity index (χ3n) is 6.23. The van der Waals surface area contributed by atoms with E-state index in [2.05, 4.69) is 15.9 Å². The van der Waals surface area contributed by atoms with Gasteiger partial charge in [0.05, 0.1) is 7.11 Å². The van der Waals surface area contributed by atoms with Crippen molar-refractivity contribution in [1.29, 1.82) is 0 Å². The maximum absolute atomic E-state index is 12.4. The third-order valence-corrected chi connectivity index (χ3v) is 6.75. The van der Waals surface area contributed by atoms with Crippen LogP contribution in [0.15, 0.2) is 46.9 Å². The second kappa shape index (κ2) is 7.17. The third kappa shape index (κ3) is 2.95. The molecule has 7 heteroatoms. The van der Waals surface area contributed by atoms with Crippen LogP contribution < -0.4 is 9.47 Å². The minimum atomic E-state index is -1.16. The van der Waals surface area contributed by atoms with Crippen LogP contribution in [0.25, 0.3) is 0 Å². The van der Waals surface area contributed by atoms with Crippen LogP contribution in [0.2, 0.25) is 0 Å². The zero-order valence-corrected chi connectivity index (χ0v) is 19.3. The van der Waals surface area contributed by atoms with E-state index in [1.165, 1.54) is 7.11 Å². The van der Waals surface area contributed by atoms with E-state index in [1.54, 1.807) is 25.1 Å². The van der Waals surface area contributed by atoms with Gasteiger partial charge in [0.2, 0.25) is 0 Å². The van der Waals surface area contributed by atoms with Gasteiger partial charge in [0.1, 0.15) is 28.6 Å². The summed E-state index contributed by atoms with van der Waals surface area (Å²) in [6.07, 6.45) is 0.386. The standard InChI is InChI=1S/C25H21BrO6/c1-12-8-16(27)10-19-20(12)17-11-25(32-19,14-4-6-15(26)7-5-14)31-18-9-13(2)21(24(29)30-3)23(28)22(17)18/h4-10,17,27-28H,11H2,1-3H3/t17-,25-/m0/s1. The number of hydrogen-bond acceptors (Lipinski definition) is 6. The van der Waals surface area contributed by atoms with E-state index in [4.69, 9.17) is 14.2 Å². The molecule has 0 saturated heterocycles. The number of esters is 1. The number of rotatable bonds is 2. The molecule has 0 radical (unpaired) electrons. The van der Waals surface area contributed by atoms with Crippen LogP contribution in [0.3, 0.4) is 0 Å². The molecular formula is C25H21BrO6. The van der Waals surface area contributed by atoms with Crippen molar-refractivity contribution in [2.24, 2.45) is 0 Å². The Morgan fingerprint density at radius 2 is 1.69 bits per heavy atom. The van der Waals surface area contributed by atoms with Gasteiger partial charge in [-0.15, -0.1) is 0 Å². The number of phenols is 2. The molecule has 0 saturated carbocycles. The highest BCUT2D eigenvalue weighted by Crippen LogP contribution is 2.59. The van der Waals surface area contributed by atoms with Gasteiger partial charge < -0.3 is 24.4 Å². The van der Waals surface area contributed by atoms with E-state index in [1.807, 2.05) is 31.2 Å². The fourth-order valence-electron chi connectivity index (χ4n) is 4.86. The van der Waals surface area contributed by atoms with Gasteiger partial charge in [-0.25, -0.2) is 4.79 Å². The van der Waals surface area contributed by atoms with E-state index in [9.17, 15) is 15.0 Å². The van der Waals surface area contributed by atoms with Gasteiger partial charge in [0.25, 0.3) is 5.79 Å². The number of methoxy groups -OCH3 is 1. The van der Waals surface area contributed by atoms with Gasteiger partial charge in [-0.3, -0.25) is 0 Å². The fraction of sp³-hybridized carbons (Fsp3) is 0.240. The molecule has 0 aromatic heterocycles. The number of halogens is 1. The van der Waals surface area contributed by atoms with E-state index in [0.29, 0.717) is 29.0 Å². The SMILES string of the molecule is COC(=O)c1c(C)cc2c(c1O)[C@H]1C[C@@](c3ccc(Br)cc3)(Oc3cc(O)cc(C)c31)O2. The van der Waals surface area contributed by atoms with Crippen LogP contribution in [0.1, 0.15) is 50.5 Å². The summed E-state index contributed by atoms with van der Waals surface area (Å²) in [7, 11) is 1.28. The highest BCUT2D eigenvalue weighted by Gasteiger charge is 2.51. The number of benzene rings is 3. The molecule has 2 aliphatic rings. The lowest BCUT2D eigenvalue weighted by Crippen LogP contribution is -2.47. The molecule has 0 amide bonds. The number of phenolic OH excluding ortho intramolecular Hbond substituents is 2. The Balaban J connectivity index is 1.81. The smallest absolute Gasteiger partial charge is 0.341 e. The maximum Gasteiger partial charge on any atom is 0.341 e. The number of carbonyl (C=O) groups excluding carboxylic acids is 1. The summed E-state index contributed by atoms with van der Waals surface area (Å²) in [6, 6.07) is 12.6. The van der Waals surface area contributed by atoms with Crippen molar-refractivity contribution in [3.8, 4) is 23.0 Å². The Kier molecular flexibility index (Phi) is 4.64. The van der Waals surface area contributed by atoms with Gasteiger partial charge in [0.15, 0.2) is 0 Å². The van der Waals surface area contributed by atoms with Gasteiger partial charge in [-0.2, -0.15) is 0 Å². The summed E-state index contributed by atoms with van der Waals surface area (Å²) >= 11 is 3.46. The van der Waals surface area contributed by atoms with E-state index >= 15 is 0 Å². The molecule has 2 aliphatic heterocycles. The zero-order valence-electron chi connectivity index (χ0n) is 17.7. The molecule has 2 heterocycles. The zero-order chi connectivity index (χ0) is 22.8. The quantitative estimate of drug-likeness (QED) is 0.460. The Labute approximate surface area is 193 Å². The van der Waals surface area contributed by atoms with Crippen molar-refractivity contribution in [1.82, 2.24) is 0 Å². The molecule has 2 N–H and O–H groups in total. The van der Waals surface area contributed by atoms with Crippen molar-refractivity contribution >= 4 is 21.9 Å². The van der Waals surface area contributed by atoms with Crippen LogP contribution in [-0.4, -0.2) is 23.3 Å². The normalized spacial score (nSPS) is 20.4. The first-order valence-corrected chi connectivity index (χ1v) is 11.0. The highest BCUT2D eigenvalue weighted by atomic mass is 79.9. The van der Waals surface area contributed by atoms with Crippen molar-refractivity contribution in [2.75, 3.05) is 7.11 Å². The average molecular weight is 497 g/mol. The van der Waals surface area contributed by atoms with Crippen LogP contribution in [0.5, 0.6) is 23.0 Å². The molecule has 6 nitrogen and oxygen atoms in total. The molecular weight excluding hydrogens is 476 g/mol. The number of hydrogen-bond donors (Lipinski definition) is 2. The Morgan fingerprint density at radius 3 is 2.34 bits per heavy atom. The highest BCUT2D eigenvalue weighted by molar-refractivity contribution is 9.10. The summed E-state index contributed by atoms with van der Waals surface area (Å²) in [5.74, 6) is -1.23. The minimum absolute atomic E-state index is 0.0794. The first-order chi connectivity index (χ1) is 15.2. The van der Waals surface area contributed by atoms with Crippen molar-refractivity contribution < 1.29 is 29.2 Å². The molecule has 2 atom stereocenters. The van der Waals surface area contributed by atoms with E-state index in [-0.39, 0.29) is 23.0 Å². The summed E-state index contributed by atoms with van der Waals surface area (Å²) < 4.78 is 18.7. The predicted octanol–water partition coefficient (Wildman–Crippen LogP) is 5.42. The van der Waals surface area contributed by atoms with Gasteiger partial charge in [-0.05, 0) is 49.2 Å². The molecule has 32 heavy (non-hydrogen) atoms. The van der Waals surface area contributed by atoms with Crippen molar-refractivity contribution in [3.05, 3.63) is 80.3 Å². The van der Waals surface area contributed by atoms with Gasteiger partial charge in [-0.1, -0.05) is 28.1 Å². The molecule has 0 aliphatic carbocycles. The Hall–Kier alpha value is -3.19. The van der Waals surface area contributed by atoms with Crippen LogP contribution in [-0.2, 0) is 10.5 Å². The van der Waals surface area contributed by atoms with Gasteiger partial charge in [0, 0.05) is 39.6 Å². The lowest BCUT2D eigenvalue weighted by molar-refractivity contribution is -0.149. The van der Waals surface area contributed by atoms with E-state index < -0.39 is 11.8 Å². The number of ether oxygens (including phenoxy) is 3. The number of aromatic hydroxyl groups is 2. The lowest BCUT2D eigenvalue weighted by atomic mass is 9.75. The molecule has 5 rings (SSSR count). The first kappa shape index (κ1) is 20.7. The maximum atomic E-state index is 12.4. The number of fused-ring (bicyclic) bond motifs is 6. The topological polar surface area (TPSA) is 85.2 Å². The second-order valence-corrected chi connectivity index (χ2v) is 9.13. The minimum Gasteiger partial charge on any atom is -0.508 e. The van der Waals surface area contributed by atoms with E-state index in [0.717, 1.165) is 21.2 Å². The van der Waals surface area contributed by atoms with Crippen molar-refractivity contribution in [2.45, 2.75) is 32.0 Å². The van der Waals surface area contributed by atoms with Crippen LogP contribution in [0, 0.1) is 13.8 Å². The molecule has 164 valence electrons. The van der Waals surface area contributed by atoms with Gasteiger partial charge >= 0.3 is 5.97 Å². The van der Waals surface area contributed by atoms with Crippen LogP contribution >= 0.6 is 15.9 Å². The molecule has 3 aromatic rings. The number of aryl methyl sites for hydroxylation is 2.